The van der Waals surface area contributed by atoms with Crippen molar-refractivity contribution in [2.24, 2.45) is 0 Å². The van der Waals surface area contributed by atoms with Gasteiger partial charge in [-0.05, 0) is 78.1 Å². The highest BCUT2D eigenvalue weighted by molar-refractivity contribution is 8.00. The van der Waals surface area contributed by atoms with Crippen LogP contribution in [0.1, 0.15) is 49.9 Å². The monoisotopic (exact) mass is 534 g/mol. The van der Waals surface area contributed by atoms with Crippen molar-refractivity contribution in [3.63, 3.8) is 0 Å². The van der Waals surface area contributed by atoms with Gasteiger partial charge in [0.1, 0.15) is 11.4 Å². The molecule has 0 saturated carbocycles. The van der Waals surface area contributed by atoms with Gasteiger partial charge in [0.05, 0.1) is 22.8 Å². The molecule has 0 aliphatic rings. The third kappa shape index (κ3) is 6.37. The van der Waals surface area contributed by atoms with Gasteiger partial charge < -0.3 is 10.6 Å². The van der Waals surface area contributed by atoms with E-state index in [2.05, 4.69) is 53.0 Å². The lowest BCUT2D eigenvalue weighted by Crippen LogP contribution is -2.50. The lowest BCUT2D eigenvalue weighted by Gasteiger charge is -2.35. The standard InChI is InChI=1S/C29H31FN4OS2/c1-4-16-29(21-15-17-36-19-21,34-28(35)23(5-2)37-24-10-7-6-9-20(24)3)25-11-8-12-27(33-25)32-22-13-14-26(30)31-18-22/h6-15,17-19,23H,4-5,16H2,1-3H3,(H,32,33)(H,34,35). The number of aromatic nitrogens is 2. The molecule has 0 bridgehead atoms. The molecule has 2 N–H and O–H groups in total. The number of rotatable bonds is 11. The Balaban J connectivity index is 1.69. The Kier molecular flexibility index (Phi) is 8.95. The largest absolute Gasteiger partial charge is 0.340 e. The quantitative estimate of drug-likeness (QED) is 0.154. The van der Waals surface area contributed by atoms with Crippen molar-refractivity contribution in [1.82, 2.24) is 15.3 Å². The molecule has 0 aliphatic carbocycles. The summed E-state index contributed by atoms with van der Waals surface area (Å²) in [7, 11) is 0. The van der Waals surface area contributed by atoms with Gasteiger partial charge in [0, 0.05) is 4.90 Å². The van der Waals surface area contributed by atoms with E-state index in [-0.39, 0.29) is 11.2 Å². The fraction of sp³-hybridized carbons (Fsp3) is 0.276. The Morgan fingerprint density at radius 1 is 1.11 bits per heavy atom. The van der Waals surface area contributed by atoms with Crippen LogP contribution in [-0.2, 0) is 10.3 Å². The average Bonchev–Trinajstić information content (AvgIpc) is 3.45. The Hall–Kier alpha value is -3.23. The number of anilines is 2. The fourth-order valence-corrected chi connectivity index (χ4v) is 6.08. The van der Waals surface area contributed by atoms with Crippen LogP contribution in [-0.4, -0.2) is 21.1 Å². The van der Waals surface area contributed by atoms with E-state index in [1.54, 1.807) is 29.2 Å². The zero-order valence-corrected chi connectivity index (χ0v) is 22.8. The minimum atomic E-state index is -0.787. The Morgan fingerprint density at radius 3 is 2.62 bits per heavy atom. The molecule has 8 heteroatoms. The smallest absolute Gasteiger partial charge is 0.234 e. The molecule has 1 aromatic carbocycles. The van der Waals surface area contributed by atoms with Crippen molar-refractivity contribution in [2.75, 3.05) is 5.32 Å². The number of thiophene rings is 1. The summed E-state index contributed by atoms with van der Waals surface area (Å²) < 4.78 is 13.3. The maximum atomic E-state index is 13.8. The predicted octanol–water partition coefficient (Wildman–Crippen LogP) is 7.46. The second-order valence-electron chi connectivity index (χ2n) is 8.84. The van der Waals surface area contributed by atoms with E-state index in [1.165, 1.54) is 12.3 Å². The highest BCUT2D eigenvalue weighted by Crippen LogP contribution is 2.37. The number of nitrogens with zero attached hydrogens (tertiary/aromatic N) is 2. The first kappa shape index (κ1) is 26.8. The number of nitrogens with one attached hydrogen (secondary N) is 2. The van der Waals surface area contributed by atoms with E-state index in [4.69, 9.17) is 4.98 Å². The van der Waals surface area contributed by atoms with Gasteiger partial charge in [-0.2, -0.15) is 15.7 Å². The third-order valence-corrected chi connectivity index (χ3v) is 8.41. The molecular formula is C29H31FN4OS2. The highest BCUT2D eigenvalue weighted by Gasteiger charge is 2.38. The lowest BCUT2D eigenvalue weighted by atomic mass is 9.83. The number of amides is 1. The molecule has 0 saturated heterocycles. The molecule has 0 radical (unpaired) electrons. The molecule has 4 rings (SSSR count). The topological polar surface area (TPSA) is 66.9 Å². The summed E-state index contributed by atoms with van der Waals surface area (Å²) in [6.07, 6.45) is 3.66. The van der Waals surface area contributed by atoms with Crippen molar-refractivity contribution in [3.8, 4) is 0 Å². The fourth-order valence-electron chi connectivity index (χ4n) is 4.30. The summed E-state index contributed by atoms with van der Waals surface area (Å²) >= 11 is 3.20. The molecule has 2 atom stereocenters. The zero-order valence-electron chi connectivity index (χ0n) is 21.2. The molecule has 37 heavy (non-hydrogen) atoms. The molecule has 1 amide bonds. The van der Waals surface area contributed by atoms with Crippen LogP contribution in [0.4, 0.5) is 15.9 Å². The van der Waals surface area contributed by atoms with E-state index in [0.717, 1.165) is 28.1 Å². The van der Waals surface area contributed by atoms with Crippen LogP contribution < -0.4 is 10.6 Å². The molecule has 2 unspecified atom stereocenters. The number of carbonyl (C=O) groups excluding carboxylic acids is 1. The predicted molar refractivity (Wildman–Crippen MR) is 151 cm³/mol. The number of hydrogen-bond acceptors (Lipinski definition) is 6. The van der Waals surface area contributed by atoms with Crippen LogP contribution in [0, 0.1) is 12.9 Å². The van der Waals surface area contributed by atoms with Gasteiger partial charge in [0.25, 0.3) is 0 Å². The number of aryl methyl sites for hydroxylation is 1. The maximum Gasteiger partial charge on any atom is 0.234 e. The Bertz CT molecular complexity index is 1310. The van der Waals surface area contributed by atoms with E-state index >= 15 is 0 Å². The second kappa shape index (κ2) is 12.3. The van der Waals surface area contributed by atoms with Crippen LogP contribution in [0.25, 0.3) is 0 Å². The van der Waals surface area contributed by atoms with Crippen LogP contribution in [0.15, 0.2) is 82.5 Å². The molecule has 3 aromatic heterocycles. The first-order chi connectivity index (χ1) is 17.9. The summed E-state index contributed by atoms with van der Waals surface area (Å²) in [5.74, 6) is 0.0407. The van der Waals surface area contributed by atoms with E-state index in [9.17, 15) is 9.18 Å². The van der Waals surface area contributed by atoms with Crippen molar-refractivity contribution in [1.29, 1.82) is 0 Å². The van der Waals surface area contributed by atoms with Gasteiger partial charge in [0.2, 0.25) is 11.9 Å². The van der Waals surface area contributed by atoms with Crippen molar-refractivity contribution >= 4 is 40.5 Å². The van der Waals surface area contributed by atoms with E-state index < -0.39 is 11.5 Å². The minimum Gasteiger partial charge on any atom is -0.340 e. The number of thioether (sulfide) groups is 1. The van der Waals surface area contributed by atoms with Gasteiger partial charge in [-0.1, -0.05) is 44.5 Å². The molecular weight excluding hydrogens is 503 g/mol. The highest BCUT2D eigenvalue weighted by atomic mass is 32.2. The summed E-state index contributed by atoms with van der Waals surface area (Å²) in [6, 6.07) is 18.9. The number of hydrogen-bond donors (Lipinski definition) is 2. The SMILES string of the molecule is CCCC(NC(=O)C(CC)Sc1ccccc1C)(c1ccsc1)c1cccc(Nc2ccc(F)nc2)n1. The van der Waals surface area contributed by atoms with Gasteiger partial charge in [0.15, 0.2) is 0 Å². The molecule has 0 fully saturated rings. The summed E-state index contributed by atoms with van der Waals surface area (Å²) in [6.45, 7) is 6.22. The molecule has 4 aromatic rings. The number of halogens is 1. The molecule has 0 spiro atoms. The van der Waals surface area contributed by atoms with Gasteiger partial charge in [-0.15, -0.1) is 11.8 Å². The molecule has 192 valence electrons. The van der Waals surface area contributed by atoms with Crippen molar-refractivity contribution in [3.05, 3.63) is 100 Å². The van der Waals surface area contributed by atoms with Crippen LogP contribution in [0.2, 0.25) is 0 Å². The lowest BCUT2D eigenvalue weighted by molar-refractivity contribution is -0.122. The normalized spacial score (nSPS) is 13.5. The molecule has 5 nitrogen and oxygen atoms in total. The summed E-state index contributed by atoms with van der Waals surface area (Å²) in [5, 5.41) is 10.5. The zero-order chi connectivity index (χ0) is 26.3. The minimum absolute atomic E-state index is 0.0155. The van der Waals surface area contributed by atoms with Crippen molar-refractivity contribution in [2.45, 2.75) is 55.7 Å². The Labute approximate surface area is 226 Å². The van der Waals surface area contributed by atoms with E-state index in [0.29, 0.717) is 24.3 Å². The summed E-state index contributed by atoms with van der Waals surface area (Å²) in [4.78, 5) is 23.6. The molecule has 3 heterocycles. The number of carbonyl (C=O) groups is 1. The van der Waals surface area contributed by atoms with Gasteiger partial charge in [-0.3, -0.25) is 4.79 Å². The third-order valence-electron chi connectivity index (χ3n) is 6.19. The summed E-state index contributed by atoms with van der Waals surface area (Å²) in [5.41, 5.74) is 2.76. The van der Waals surface area contributed by atoms with Gasteiger partial charge in [-0.25, -0.2) is 9.97 Å². The van der Waals surface area contributed by atoms with Gasteiger partial charge >= 0.3 is 0 Å². The van der Waals surface area contributed by atoms with Crippen molar-refractivity contribution < 1.29 is 9.18 Å². The van der Waals surface area contributed by atoms with Crippen LogP contribution >= 0.6 is 23.1 Å². The number of benzene rings is 1. The molecule has 0 aliphatic heterocycles. The first-order valence-corrected chi connectivity index (χ1v) is 14.2. The second-order valence-corrected chi connectivity index (χ2v) is 10.9. The maximum absolute atomic E-state index is 13.8. The average molecular weight is 535 g/mol. The number of pyridine rings is 2. The van der Waals surface area contributed by atoms with Crippen LogP contribution in [0.5, 0.6) is 0 Å². The Morgan fingerprint density at radius 2 is 1.95 bits per heavy atom. The van der Waals surface area contributed by atoms with E-state index in [1.807, 2.05) is 42.6 Å². The first-order valence-electron chi connectivity index (χ1n) is 12.4. The van der Waals surface area contributed by atoms with Crippen LogP contribution in [0.3, 0.4) is 0 Å².